The Kier molecular flexibility index (Phi) is 2.31. The van der Waals surface area contributed by atoms with Crippen LogP contribution in [0.2, 0.25) is 0 Å². The molecule has 0 unspecified atom stereocenters. The summed E-state index contributed by atoms with van der Waals surface area (Å²) < 4.78 is 13.1. The molecule has 2 aromatic heterocycles. The third-order valence-corrected chi connectivity index (χ3v) is 1.57. The number of halogens is 1. The highest BCUT2D eigenvalue weighted by Crippen LogP contribution is 2.11. The fourth-order valence-corrected chi connectivity index (χ4v) is 0.913. The third-order valence-electron chi connectivity index (χ3n) is 1.57. The number of H-pyrrole nitrogens is 1. The second kappa shape index (κ2) is 3.78. The van der Waals surface area contributed by atoms with Crippen molar-refractivity contribution in [3.05, 3.63) is 30.1 Å². The van der Waals surface area contributed by atoms with Crippen LogP contribution in [0, 0.1) is 5.82 Å². The minimum atomic E-state index is -0.645. The molecule has 8 heteroatoms. The maximum atomic E-state index is 13.1. The Morgan fingerprint density at radius 3 is 3.07 bits per heavy atom. The standard InChI is InChI=1S/C7H5FN6O/c8-4-3-9-2-1-5(4)10-7(15)6-11-13-14-12-6/h1-3H,(H,9,10,15)(H,11,12,13,14). The molecule has 7 nitrogen and oxygen atoms in total. The largest absolute Gasteiger partial charge is 0.316 e. The Labute approximate surface area is 82.7 Å². The number of rotatable bonds is 2. The minimum absolute atomic E-state index is 0.0137. The van der Waals surface area contributed by atoms with E-state index in [-0.39, 0.29) is 11.5 Å². The highest BCUT2D eigenvalue weighted by Gasteiger charge is 2.12. The number of anilines is 1. The lowest BCUT2D eigenvalue weighted by molar-refractivity contribution is 0.101. The van der Waals surface area contributed by atoms with Crippen LogP contribution in [-0.4, -0.2) is 31.5 Å². The molecule has 0 atom stereocenters. The predicted octanol–water partition coefficient (Wildman–Crippen LogP) is -0.0139. The van der Waals surface area contributed by atoms with Gasteiger partial charge in [-0.1, -0.05) is 0 Å². The number of tetrazole rings is 1. The zero-order valence-electron chi connectivity index (χ0n) is 7.31. The molecule has 0 saturated heterocycles. The Morgan fingerprint density at radius 1 is 1.53 bits per heavy atom. The average Bonchev–Trinajstić information content (AvgIpc) is 2.74. The second-order valence-electron chi connectivity index (χ2n) is 2.55. The van der Waals surface area contributed by atoms with E-state index in [9.17, 15) is 9.18 Å². The molecule has 0 saturated carbocycles. The van der Waals surface area contributed by atoms with Crippen molar-refractivity contribution in [2.24, 2.45) is 0 Å². The molecule has 2 N–H and O–H groups in total. The molecule has 0 aromatic carbocycles. The first-order valence-corrected chi connectivity index (χ1v) is 3.91. The first-order valence-electron chi connectivity index (χ1n) is 3.91. The number of pyridine rings is 1. The number of nitrogens with zero attached hydrogens (tertiary/aromatic N) is 4. The first kappa shape index (κ1) is 9.19. The lowest BCUT2D eigenvalue weighted by atomic mass is 10.4. The van der Waals surface area contributed by atoms with Crippen LogP contribution in [0.15, 0.2) is 18.5 Å². The summed E-state index contributed by atoms with van der Waals surface area (Å²) in [6.07, 6.45) is 2.35. The number of hydrogen-bond donors (Lipinski definition) is 2. The van der Waals surface area contributed by atoms with Crippen LogP contribution in [0.1, 0.15) is 10.6 Å². The highest BCUT2D eigenvalue weighted by atomic mass is 19.1. The molecule has 0 fully saturated rings. The summed E-state index contributed by atoms with van der Waals surface area (Å²) in [7, 11) is 0. The van der Waals surface area contributed by atoms with Crippen LogP contribution >= 0.6 is 0 Å². The molecule has 2 heterocycles. The van der Waals surface area contributed by atoms with Crippen LogP contribution < -0.4 is 5.32 Å². The predicted molar refractivity (Wildman–Crippen MR) is 46.3 cm³/mol. The van der Waals surface area contributed by atoms with Gasteiger partial charge in [0.2, 0.25) is 0 Å². The molecule has 0 radical (unpaired) electrons. The number of aromatic amines is 1. The van der Waals surface area contributed by atoms with E-state index >= 15 is 0 Å². The van der Waals surface area contributed by atoms with Gasteiger partial charge in [-0.3, -0.25) is 9.78 Å². The fraction of sp³-hybridized carbons (Fsp3) is 0. The van der Waals surface area contributed by atoms with Gasteiger partial charge in [0.05, 0.1) is 11.9 Å². The monoisotopic (exact) mass is 208 g/mol. The topological polar surface area (TPSA) is 96.5 Å². The Bertz CT molecular complexity index is 470. The van der Waals surface area contributed by atoms with Crippen LogP contribution in [0.25, 0.3) is 0 Å². The van der Waals surface area contributed by atoms with Gasteiger partial charge in [-0.25, -0.2) is 4.39 Å². The van der Waals surface area contributed by atoms with E-state index in [1.54, 1.807) is 0 Å². The zero-order valence-corrected chi connectivity index (χ0v) is 7.31. The molecule has 15 heavy (non-hydrogen) atoms. The van der Waals surface area contributed by atoms with Gasteiger partial charge in [-0.15, -0.1) is 10.2 Å². The minimum Gasteiger partial charge on any atom is -0.316 e. The number of carbonyl (C=O) groups is 1. The Hall–Kier alpha value is -2.38. The summed E-state index contributed by atoms with van der Waals surface area (Å²) in [5.41, 5.74) is 0.0137. The smallest absolute Gasteiger partial charge is 0.297 e. The summed E-state index contributed by atoms with van der Waals surface area (Å²) in [5.74, 6) is -1.44. The zero-order chi connectivity index (χ0) is 10.7. The summed E-state index contributed by atoms with van der Waals surface area (Å²) in [6, 6.07) is 1.33. The normalized spacial score (nSPS) is 9.93. The third kappa shape index (κ3) is 1.93. The fourth-order valence-electron chi connectivity index (χ4n) is 0.913. The van der Waals surface area contributed by atoms with Gasteiger partial charge in [-0.05, 0) is 11.3 Å². The van der Waals surface area contributed by atoms with E-state index in [0.717, 1.165) is 6.20 Å². The molecule has 0 aliphatic rings. The Balaban J connectivity index is 2.17. The average molecular weight is 208 g/mol. The lowest BCUT2D eigenvalue weighted by Gasteiger charge is -2.01. The van der Waals surface area contributed by atoms with Crippen molar-refractivity contribution in [3.8, 4) is 0 Å². The van der Waals surface area contributed by atoms with Gasteiger partial charge in [0, 0.05) is 6.20 Å². The van der Waals surface area contributed by atoms with Crippen LogP contribution in [-0.2, 0) is 0 Å². The number of amides is 1. The van der Waals surface area contributed by atoms with E-state index in [2.05, 4.69) is 30.9 Å². The molecule has 1 amide bonds. The summed E-state index contributed by atoms with van der Waals surface area (Å²) in [6.45, 7) is 0. The Morgan fingerprint density at radius 2 is 2.40 bits per heavy atom. The molecule has 76 valence electrons. The summed E-state index contributed by atoms with van der Waals surface area (Å²) >= 11 is 0. The van der Waals surface area contributed by atoms with Crippen molar-refractivity contribution in [2.45, 2.75) is 0 Å². The van der Waals surface area contributed by atoms with Crippen molar-refractivity contribution in [3.63, 3.8) is 0 Å². The van der Waals surface area contributed by atoms with E-state index in [1.807, 2.05) is 0 Å². The van der Waals surface area contributed by atoms with E-state index < -0.39 is 11.7 Å². The number of nitrogens with one attached hydrogen (secondary N) is 2. The maximum Gasteiger partial charge on any atom is 0.297 e. The molecule has 0 bridgehead atoms. The quantitative estimate of drug-likeness (QED) is 0.723. The number of hydrogen-bond acceptors (Lipinski definition) is 5. The van der Waals surface area contributed by atoms with Gasteiger partial charge in [0.15, 0.2) is 5.82 Å². The lowest BCUT2D eigenvalue weighted by Crippen LogP contribution is -2.14. The molecule has 0 spiro atoms. The molecule has 0 aliphatic heterocycles. The maximum absolute atomic E-state index is 13.1. The van der Waals surface area contributed by atoms with E-state index in [4.69, 9.17) is 0 Å². The molecular formula is C7H5FN6O. The van der Waals surface area contributed by atoms with Gasteiger partial charge in [-0.2, -0.15) is 5.21 Å². The van der Waals surface area contributed by atoms with Gasteiger partial charge >= 0.3 is 0 Å². The molecular weight excluding hydrogens is 203 g/mol. The van der Waals surface area contributed by atoms with E-state index in [1.165, 1.54) is 12.3 Å². The van der Waals surface area contributed by atoms with Crippen molar-refractivity contribution in [1.29, 1.82) is 0 Å². The highest BCUT2D eigenvalue weighted by molar-refractivity contribution is 6.01. The van der Waals surface area contributed by atoms with Crippen molar-refractivity contribution in [1.82, 2.24) is 25.6 Å². The number of aromatic nitrogens is 5. The molecule has 2 rings (SSSR count). The van der Waals surface area contributed by atoms with Crippen molar-refractivity contribution in [2.75, 3.05) is 5.32 Å². The second-order valence-corrected chi connectivity index (χ2v) is 2.55. The van der Waals surface area contributed by atoms with Gasteiger partial charge in [0.25, 0.3) is 11.7 Å². The number of carbonyl (C=O) groups excluding carboxylic acids is 1. The summed E-state index contributed by atoms with van der Waals surface area (Å²) in [4.78, 5) is 14.9. The van der Waals surface area contributed by atoms with Crippen molar-refractivity contribution >= 4 is 11.6 Å². The molecule has 0 aliphatic carbocycles. The molecule has 2 aromatic rings. The van der Waals surface area contributed by atoms with Crippen LogP contribution in [0.5, 0.6) is 0 Å². The van der Waals surface area contributed by atoms with Crippen LogP contribution in [0.4, 0.5) is 10.1 Å². The van der Waals surface area contributed by atoms with Crippen molar-refractivity contribution < 1.29 is 9.18 Å². The SMILES string of the molecule is O=C(Nc1ccncc1F)c1nn[nH]n1. The first-order chi connectivity index (χ1) is 7.27. The van der Waals surface area contributed by atoms with Gasteiger partial charge < -0.3 is 5.32 Å². The van der Waals surface area contributed by atoms with E-state index in [0.29, 0.717) is 0 Å². The van der Waals surface area contributed by atoms with Gasteiger partial charge in [0.1, 0.15) is 0 Å². The summed E-state index contributed by atoms with van der Waals surface area (Å²) in [5, 5.41) is 14.5. The van der Waals surface area contributed by atoms with Crippen LogP contribution in [0.3, 0.4) is 0 Å².